The summed E-state index contributed by atoms with van der Waals surface area (Å²) in [5, 5.41) is 10.2. The van der Waals surface area contributed by atoms with Crippen LogP contribution in [0.3, 0.4) is 0 Å². The van der Waals surface area contributed by atoms with Crippen molar-refractivity contribution in [2.75, 3.05) is 33.9 Å². The molecule has 0 spiro atoms. The predicted octanol–water partition coefficient (Wildman–Crippen LogP) is 5.09. The lowest BCUT2D eigenvalue weighted by Gasteiger charge is -2.41. The average Bonchev–Trinajstić information content (AvgIpc) is 3.30. The van der Waals surface area contributed by atoms with E-state index in [1.54, 1.807) is 25.6 Å². The van der Waals surface area contributed by atoms with E-state index in [0.717, 1.165) is 42.7 Å². The van der Waals surface area contributed by atoms with Crippen LogP contribution in [0, 0.1) is 0 Å². The van der Waals surface area contributed by atoms with Crippen molar-refractivity contribution in [3.05, 3.63) is 54.1 Å². The molecular weight excluding hydrogens is 510 g/mol. The number of carbonyl (C=O) groups excluding carboxylic acids is 1. The molecule has 1 saturated heterocycles. The summed E-state index contributed by atoms with van der Waals surface area (Å²) in [6.45, 7) is 8.08. The normalized spacial score (nSPS) is 16.6. The molecule has 1 aliphatic rings. The van der Waals surface area contributed by atoms with Gasteiger partial charge in [-0.3, -0.25) is 14.7 Å². The topological polar surface area (TPSA) is 110 Å². The van der Waals surface area contributed by atoms with Crippen molar-refractivity contribution < 1.29 is 24.2 Å². The third-order valence-electron chi connectivity index (χ3n) is 7.55. The summed E-state index contributed by atoms with van der Waals surface area (Å²) in [6.07, 6.45) is 4.73. The summed E-state index contributed by atoms with van der Waals surface area (Å²) < 4.78 is 13.1. The van der Waals surface area contributed by atoms with Crippen molar-refractivity contribution in [2.45, 2.75) is 70.5 Å². The third-order valence-corrected chi connectivity index (χ3v) is 7.55. The fraction of sp³-hybridized carbons (Fsp3) is 0.533. The molecule has 10 heteroatoms. The van der Waals surface area contributed by atoms with Crippen molar-refractivity contribution in [3.63, 3.8) is 0 Å². The Morgan fingerprint density at radius 1 is 1.20 bits per heavy atom. The Hall–Kier alpha value is -3.66. The lowest BCUT2D eigenvalue weighted by atomic mass is 9.94. The van der Waals surface area contributed by atoms with Gasteiger partial charge in [0.25, 0.3) is 0 Å². The number of carbonyl (C=O) groups is 2. The Balaban J connectivity index is 1.62. The van der Waals surface area contributed by atoms with Gasteiger partial charge in [-0.25, -0.2) is 9.78 Å². The van der Waals surface area contributed by atoms with Gasteiger partial charge in [0.1, 0.15) is 11.6 Å². The molecule has 0 radical (unpaired) electrons. The van der Waals surface area contributed by atoms with Crippen LogP contribution >= 0.6 is 0 Å². The minimum Gasteiger partial charge on any atom is -0.496 e. The molecule has 0 unspecified atom stereocenters. The maximum absolute atomic E-state index is 13.9. The SMILES string of the molecule is COCCCn1c([C@@H]2CCCN(C(=O)C[C@@H](c3cnccc3OC)N(C(=O)O)C(C)(C)C)C2)nc2ccccc21. The molecule has 3 heterocycles. The largest absolute Gasteiger partial charge is 0.496 e. The number of nitrogens with zero attached hydrogens (tertiary/aromatic N) is 5. The second kappa shape index (κ2) is 12.7. The fourth-order valence-corrected chi connectivity index (χ4v) is 5.77. The fourth-order valence-electron chi connectivity index (χ4n) is 5.77. The number of fused-ring (bicyclic) bond motifs is 1. The molecule has 1 fully saturated rings. The number of para-hydroxylation sites is 2. The van der Waals surface area contributed by atoms with E-state index < -0.39 is 17.7 Å². The Labute approximate surface area is 235 Å². The maximum atomic E-state index is 13.9. The van der Waals surface area contributed by atoms with Crippen molar-refractivity contribution in [1.82, 2.24) is 24.3 Å². The van der Waals surface area contributed by atoms with Gasteiger partial charge in [-0.15, -0.1) is 0 Å². The summed E-state index contributed by atoms with van der Waals surface area (Å²) in [6, 6.07) is 9.06. The molecule has 40 heavy (non-hydrogen) atoms. The van der Waals surface area contributed by atoms with Crippen LogP contribution in [0.4, 0.5) is 4.79 Å². The number of methoxy groups -OCH3 is 2. The number of likely N-dealkylation sites (tertiary alicyclic amines) is 1. The molecule has 4 rings (SSSR count). The maximum Gasteiger partial charge on any atom is 0.408 e. The molecule has 0 bridgehead atoms. The molecule has 1 aromatic carbocycles. The molecule has 1 N–H and O–H groups in total. The van der Waals surface area contributed by atoms with Gasteiger partial charge < -0.3 is 24.0 Å². The highest BCUT2D eigenvalue weighted by molar-refractivity contribution is 5.79. The zero-order chi connectivity index (χ0) is 28.9. The first-order chi connectivity index (χ1) is 19.2. The van der Waals surface area contributed by atoms with Crippen molar-refractivity contribution in [1.29, 1.82) is 0 Å². The molecule has 3 aromatic rings. The molecule has 2 aromatic heterocycles. The molecule has 10 nitrogen and oxygen atoms in total. The molecule has 0 aliphatic carbocycles. The molecule has 2 amide bonds. The van der Waals surface area contributed by atoms with Crippen LogP contribution in [0.25, 0.3) is 11.0 Å². The number of amides is 2. The first kappa shape index (κ1) is 29.3. The first-order valence-corrected chi connectivity index (χ1v) is 13.9. The van der Waals surface area contributed by atoms with Crippen LogP contribution in [0.15, 0.2) is 42.7 Å². The van der Waals surface area contributed by atoms with Crippen LogP contribution in [0.5, 0.6) is 5.75 Å². The van der Waals surface area contributed by atoms with Crippen LogP contribution in [0.1, 0.15) is 69.8 Å². The van der Waals surface area contributed by atoms with E-state index in [-0.39, 0.29) is 18.2 Å². The summed E-state index contributed by atoms with van der Waals surface area (Å²) in [4.78, 5) is 38.8. The third kappa shape index (κ3) is 6.38. The van der Waals surface area contributed by atoms with Gasteiger partial charge in [0.05, 0.1) is 30.6 Å². The number of piperidine rings is 1. The van der Waals surface area contributed by atoms with E-state index in [0.29, 0.717) is 31.0 Å². The summed E-state index contributed by atoms with van der Waals surface area (Å²) in [5.74, 6) is 1.47. The number of pyridine rings is 1. The van der Waals surface area contributed by atoms with E-state index in [2.05, 4.69) is 15.6 Å². The number of imidazole rings is 1. The number of hydrogen-bond donors (Lipinski definition) is 1. The second-order valence-corrected chi connectivity index (χ2v) is 11.3. The quantitative estimate of drug-likeness (QED) is 0.349. The van der Waals surface area contributed by atoms with E-state index in [4.69, 9.17) is 14.5 Å². The Bertz CT molecular complexity index is 1320. The average molecular weight is 552 g/mol. The van der Waals surface area contributed by atoms with Crippen LogP contribution in [0.2, 0.25) is 0 Å². The predicted molar refractivity (Wildman–Crippen MR) is 153 cm³/mol. The molecule has 0 saturated carbocycles. The highest BCUT2D eigenvalue weighted by Gasteiger charge is 2.38. The lowest BCUT2D eigenvalue weighted by Crippen LogP contribution is -2.49. The van der Waals surface area contributed by atoms with E-state index in [1.807, 2.05) is 43.9 Å². The number of hydrogen-bond acceptors (Lipinski definition) is 6. The van der Waals surface area contributed by atoms with Crippen LogP contribution in [-0.4, -0.2) is 80.9 Å². The van der Waals surface area contributed by atoms with Gasteiger partial charge in [-0.05, 0) is 58.2 Å². The van der Waals surface area contributed by atoms with Crippen molar-refractivity contribution in [3.8, 4) is 5.75 Å². The van der Waals surface area contributed by atoms with Gasteiger partial charge >= 0.3 is 6.09 Å². The van der Waals surface area contributed by atoms with Gasteiger partial charge in [-0.1, -0.05) is 12.1 Å². The Kier molecular flexibility index (Phi) is 9.29. The first-order valence-electron chi connectivity index (χ1n) is 13.9. The summed E-state index contributed by atoms with van der Waals surface area (Å²) in [7, 11) is 3.24. The zero-order valence-corrected chi connectivity index (χ0v) is 24.2. The highest BCUT2D eigenvalue weighted by atomic mass is 16.5. The molecule has 2 atom stereocenters. The van der Waals surface area contributed by atoms with Crippen molar-refractivity contribution >= 4 is 23.0 Å². The minimum absolute atomic E-state index is 0.0113. The lowest BCUT2D eigenvalue weighted by molar-refractivity contribution is -0.134. The van der Waals surface area contributed by atoms with Gasteiger partial charge in [0.2, 0.25) is 5.91 Å². The van der Waals surface area contributed by atoms with Crippen LogP contribution in [-0.2, 0) is 16.1 Å². The van der Waals surface area contributed by atoms with Crippen LogP contribution < -0.4 is 4.74 Å². The monoisotopic (exact) mass is 551 g/mol. The number of carboxylic acid groups (broad SMARTS) is 1. The second-order valence-electron chi connectivity index (χ2n) is 11.3. The number of aromatic nitrogens is 3. The Morgan fingerprint density at radius 2 is 1.98 bits per heavy atom. The zero-order valence-electron chi connectivity index (χ0n) is 24.2. The standard InChI is InChI=1S/C30H41N5O5/c1-30(2,3)35(29(37)38)25(22-19-31-14-13-26(22)40-5)18-27(36)33-15-8-10-21(20-33)28-32-23-11-6-7-12-24(23)34(28)16-9-17-39-4/h6-7,11-14,19,21,25H,8-10,15-18,20H2,1-5H3,(H,37,38)/t21-,25+/m1/s1. The molecule has 216 valence electrons. The van der Waals surface area contributed by atoms with Gasteiger partial charge in [-0.2, -0.15) is 0 Å². The number of benzene rings is 1. The Morgan fingerprint density at radius 3 is 2.67 bits per heavy atom. The highest BCUT2D eigenvalue weighted by Crippen LogP contribution is 2.37. The van der Waals surface area contributed by atoms with Crippen molar-refractivity contribution in [2.24, 2.45) is 0 Å². The molecule has 1 aliphatic heterocycles. The van der Waals surface area contributed by atoms with E-state index in [9.17, 15) is 14.7 Å². The summed E-state index contributed by atoms with van der Waals surface area (Å²) in [5.41, 5.74) is 1.85. The number of ether oxygens (including phenoxy) is 2. The summed E-state index contributed by atoms with van der Waals surface area (Å²) >= 11 is 0. The molecular formula is C30H41N5O5. The number of rotatable bonds is 10. The number of aryl methyl sites for hydroxylation is 1. The smallest absolute Gasteiger partial charge is 0.408 e. The van der Waals surface area contributed by atoms with Gasteiger partial charge in [0.15, 0.2) is 0 Å². The minimum atomic E-state index is -1.10. The van der Waals surface area contributed by atoms with Gasteiger partial charge in [0, 0.05) is 62.8 Å². The van der Waals surface area contributed by atoms with E-state index >= 15 is 0 Å². The van der Waals surface area contributed by atoms with E-state index in [1.165, 1.54) is 12.0 Å².